The molecule has 0 bridgehead atoms. The van der Waals surface area contributed by atoms with Gasteiger partial charge in [0.1, 0.15) is 0 Å². The van der Waals surface area contributed by atoms with Crippen molar-refractivity contribution in [3.8, 4) is 0 Å². The van der Waals surface area contributed by atoms with Gasteiger partial charge >= 0.3 is 0 Å². The van der Waals surface area contributed by atoms with Crippen LogP contribution in [0.2, 0.25) is 0 Å². The van der Waals surface area contributed by atoms with Gasteiger partial charge < -0.3 is 10.5 Å². The summed E-state index contributed by atoms with van der Waals surface area (Å²) in [6.07, 6.45) is 3.31. The molecule has 1 aliphatic carbocycles. The number of aliphatic imine (C=N–C) groups is 1. The van der Waals surface area contributed by atoms with Crippen LogP contribution in [0, 0.1) is 0 Å². The molecule has 1 aromatic carbocycles. The lowest BCUT2D eigenvalue weighted by Gasteiger charge is -2.34. The van der Waals surface area contributed by atoms with Gasteiger partial charge in [-0.05, 0) is 24.8 Å². The van der Waals surface area contributed by atoms with Crippen LogP contribution in [0.1, 0.15) is 24.0 Å². The third-order valence-electron chi connectivity index (χ3n) is 3.33. The summed E-state index contributed by atoms with van der Waals surface area (Å²) in [5, 5.41) is 0. The maximum absolute atomic E-state index is 5.74. The van der Waals surface area contributed by atoms with E-state index >= 15 is 0 Å². The van der Waals surface area contributed by atoms with Crippen molar-refractivity contribution in [1.29, 1.82) is 0 Å². The van der Waals surface area contributed by atoms with Crippen LogP contribution in [0.4, 0.5) is 0 Å². The Hall–Kier alpha value is -1.51. The molecule has 0 radical (unpaired) electrons. The highest BCUT2D eigenvalue weighted by atomic mass is 16.5. The molecule has 3 rings (SSSR count). The standard InChI is InChI=1S/C12H14N2O/c13-11-14-8-12(15-11)7-3-5-9-4-1-2-6-10(9)12/h1-2,4,6H,3,5,7-8H2,(H2,13,14). The van der Waals surface area contributed by atoms with Crippen LogP contribution < -0.4 is 5.73 Å². The maximum atomic E-state index is 5.74. The lowest BCUT2D eigenvalue weighted by atomic mass is 9.79. The zero-order chi connectivity index (χ0) is 10.3. The van der Waals surface area contributed by atoms with Gasteiger partial charge in [0.05, 0.1) is 6.54 Å². The Kier molecular flexibility index (Phi) is 1.75. The summed E-state index contributed by atoms with van der Waals surface area (Å²) in [7, 11) is 0. The van der Waals surface area contributed by atoms with Gasteiger partial charge in [-0.3, -0.25) is 0 Å². The fourth-order valence-corrected chi connectivity index (χ4v) is 2.62. The third-order valence-corrected chi connectivity index (χ3v) is 3.33. The van der Waals surface area contributed by atoms with E-state index in [-0.39, 0.29) is 5.60 Å². The van der Waals surface area contributed by atoms with Gasteiger partial charge in [-0.15, -0.1) is 0 Å². The largest absolute Gasteiger partial charge is 0.452 e. The Bertz CT molecular complexity index is 427. The topological polar surface area (TPSA) is 47.6 Å². The summed E-state index contributed by atoms with van der Waals surface area (Å²) < 4.78 is 5.74. The third kappa shape index (κ3) is 1.23. The highest BCUT2D eigenvalue weighted by Crippen LogP contribution is 2.40. The second-order valence-corrected chi connectivity index (χ2v) is 4.26. The Morgan fingerprint density at radius 3 is 3.00 bits per heavy atom. The number of hydrogen-bond donors (Lipinski definition) is 1. The van der Waals surface area contributed by atoms with Crippen molar-refractivity contribution in [1.82, 2.24) is 0 Å². The lowest BCUT2D eigenvalue weighted by Crippen LogP contribution is -2.35. The Morgan fingerprint density at radius 2 is 2.20 bits per heavy atom. The van der Waals surface area contributed by atoms with Gasteiger partial charge in [0.2, 0.25) is 0 Å². The van der Waals surface area contributed by atoms with E-state index < -0.39 is 0 Å². The minimum atomic E-state index is -0.251. The summed E-state index contributed by atoms with van der Waals surface area (Å²) in [5.74, 6) is 0. The first-order valence-electron chi connectivity index (χ1n) is 5.37. The minimum Gasteiger partial charge on any atom is -0.452 e. The summed E-state index contributed by atoms with van der Waals surface area (Å²) in [4.78, 5) is 4.18. The molecule has 3 heteroatoms. The van der Waals surface area contributed by atoms with Gasteiger partial charge in [0, 0.05) is 5.56 Å². The van der Waals surface area contributed by atoms with Crippen LogP contribution >= 0.6 is 0 Å². The molecule has 0 aromatic heterocycles. The van der Waals surface area contributed by atoms with Crippen LogP contribution in [-0.2, 0) is 16.8 Å². The predicted molar refractivity (Wildman–Crippen MR) is 58.6 cm³/mol. The number of ether oxygens (including phenoxy) is 1. The molecule has 0 saturated heterocycles. The highest BCUT2D eigenvalue weighted by molar-refractivity contribution is 5.74. The molecule has 15 heavy (non-hydrogen) atoms. The number of rotatable bonds is 0. The van der Waals surface area contributed by atoms with Crippen LogP contribution in [0.5, 0.6) is 0 Å². The average molecular weight is 202 g/mol. The lowest BCUT2D eigenvalue weighted by molar-refractivity contribution is 0.0639. The van der Waals surface area contributed by atoms with Crippen molar-refractivity contribution >= 4 is 6.02 Å². The van der Waals surface area contributed by atoms with E-state index in [0.29, 0.717) is 12.6 Å². The quantitative estimate of drug-likeness (QED) is 0.694. The molecule has 2 N–H and O–H groups in total. The molecule has 3 nitrogen and oxygen atoms in total. The van der Waals surface area contributed by atoms with Crippen LogP contribution in [0.3, 0.4) is 0 Å². The Labute approximate surface area is 89.0 Å². The van der Waals surface area contributed by atoms with Crippen molar-refractivity contribution in [3.63, 3.8) is 0 Å². The molecule has 1 aliphatic heterocycles. The van der Waals surface area contributed by atoms with E-state index in [2.05, 4.69) is 29.3 Å². The van der Waals surface area contributed by atoms with E-state index in [1.165, 1.54) is 11.1 Å². The smallest absolute Gasteiger partial charge is 0.283 e. The van der Waals surface area contributed by atoms with Crippen molar-refractivity contribution in [3.05, 3.63) is 35.4 Å². The van der Waals surface area contributed by atoms with E-state index in [9.17, 15) is 0 Å². The first kappa shape index (κ1) is 8.77. The normalized spacial score (nSPS) is 28.4. The SMILES string of the molecule is NC1=NCC2(CCCc3ccccc32)O1. The molecule has 1 heterocycles. The zero-order valence-corrected chi connectivity index (χ0v) is 8.57. The summed E-state index contributed by atoms with van der Waals surface area (Å²) >= 11 is 0. The molecule has 0 saturated carbocycles. The van der Waals surface area contributed by atoms with Crippen molar-refractivity contribution < 1.29 is 4.74 Å². The van der Waals surface area contributed by atoms with Gasteiger partial charge in [-0.1, -0.05) is 24.3 Å². The summed E-state index contributed by atoms with van der Waals surface area (Å²) in [6, 6.07) is 8.80. The number of nitrogens with zero attached hydrogens (tertiary/aromatic N) is 1. The van der Waals surface area contributed by atoms with Gasteiger partial charge in [-0.25, -0.2) is 4.99 Å². The summed E-state index contributed by atoms with van der Waals surface area (Å²) in [5.41, 5.74) is 8.04. The molecule has 1 unspecified atom stereocenters. The average Bonchev–Trinajstić information content (AvgIpc) is 2.62. The molecule has 1 atom stereocenters. The number of fused-ring (bicyclic) bond motifs is 2. The molecular formula is C12H14N2O. The Balaban J connectivity index is 2.07. The van der Waals surface area contributed by atoms with Crippen molar-refractivity contribution in [2.45, 2.75) is 24.9 Å². The molecule has 78 valence electrons. The van der Waals surface area contributed by atoms with E-state index in [1.54, 1.807) is 0 Å². The second-order valence-electron chi connectivity index (χ2n) is 4.26. The minimum absolute atomic E-state index is 0.251. The van der Waals surface area contributed by atoms with E-state index in [4.69, 9.17) is 10.5 Å². The maximum Gasteiger partial charge on any atom is 0.283 e. The first-order chi connectivity index (χ1) is 7.30. The molecule has 0 amide bonds. The van der Waals surface area contributed by atoms with Crippen LogP contribution in [-0.4, -0.2) is 12.6 Å². The first-order valence-corrected chi connectivity index (χ1v) is 5.37. The van der Waals surface area contributed by atoms with E-state index in [0.717, 1.165) is 19.3 Å². The number of aryl methyl sites for hydroxylation is 1. The monoisotopic (exact) mass is 202 g/mol. The summed E-state index contributed by atoms with van der Waals surface area (Å²) in [6.45, 7) is 0.676. The fourth-order valence-electron chi connectivity index (χ4n) is 2.62. The molecule has 0 fully saturated rings. The van der Waals surface area contributed by atoms with Crippen LogP contribution in [0.25, 0.3) is 0 Å². The molecular weight excluding hydrogens is 188 g/mol. The fraction of sp³-hybridized carbons (Fsp3) is 0.417. The highest BCUT2D eigenvalue weighted by Gasteiger charge is 2.42. The number of hydrogen-bond acceptors (Lipinski definition) is 3. The predicted octanol–water partition coefficient (Wildman–Crippen LogP) is 1.56. The van der Waals surface area contributed by atoms with Crippen molar-refractivity contribution in [2.24, 2.45) is 10.7 Å². The Morgan fingerprint density at radius 1 is 1.33 bits per heavy atom. The van der Waals surface area contributed by atoms with Gasteiger partial charge in [0.15, 0.2) is 5.60 Å². The molecule has 2 aliphatic rings. The number of nitrogens with two attached hydrogens (primary N) is 1. The van der Waals surface area contributed by atoms with Crippen molar-refractivity contribution in [2.75, 3.05) is 6.54 Å². The van der Waals surface area contributed by atoms with Gasteiger partial charge in [-0.2, -0.15) is 0 Å². The van der Waals surface area contributed by atoms with E-state index in [1.807, 2.05) is 0 Å². The van der Waals surface area contributed by atoms with Gasteiger partial charge in [0.25, 0.3) is 6.02 Å². The zero-order valence-electron chi connectivity index (χ0n) is 8.57. The molecule has 1 aromatic rings. The number of benzene rings is 1. The molecule has 1 spiro atoms. The second kappa shape index (κ2) is 2.99. The number of amidine groups is 1. The van der Waals surface area contributed by atoms with Crippen LogP contribution in [0.15, 0.2) is 29.3 Å².